The van der Waals surface area contributed by atoms with Crippen LogP contribution < -0.4 is 5.32 Å². The molecule has 0 aromatic heterocycles. The predicted molar refractivity (Wildman–Crippen MR) is 297 cm³/mol. The second kappa shape index (κ2) is 58.2. The third-order valence-electron chi connectivity index (χ3n) is 14.6. The van der Waals surface area contributed by atoms with E-state index in [0.717, 1.165) is 44.9 Å². The lowest BCUT2D eigenvalue weighted by Crippen LogP contribution is -2.45. The molecule has 404 valence electrons. The summed E-state index contributed by atoms with van der Waals surface area (Å²) < 4.78 is 5.48. The average molecular weight is 961 g/mol. The van der Waals surface area contributed by atoms with Gasteiger partial charge in [-0.15, -0.1) is 0 Å². The minimum atomic E-state index is -0.664. The van der Waals surface area contributed by atoms with Crippen LogP contribution in [0.4, 0.5) is 0 Å². The predicted octanol–water partition coefficient (Wildman–Crippen LogP) is 19.2. The van der Waals surface area contributed by atoms with Gasteiger partial charge >= 0.3 is 5.97 Å². The van der Waals surface area contributed by atoms with Crippen molar-refractivity contribution >= 4 is 11.9 Å². The number of nitrogens with one attached hydrogen (secondary N) is 1. The van der Waals surface area contributed by atoms with Gasteiger partial charge in [0.15, 0.2) is 0 Å². The summed E-state index contributed by atoms with van der Waals surface area (Å²) in [5.74, 6) is -0.0291. The van der Waals surface area contributed by atoms with E-state index < -0.39 is 12.1 Å². The Balaban J connectivity index is 3.38. The van der Waals surface area contributed by atoms with Crippen LogP contribution in [-0.2, 0) is 14.3 Å². The minimum absolute atomic E-state index is 0.00420. The number of allylic oxidation sites excluding steroid dienone is 2. The molecule has 0 aliphatic rings. The Labute approximate surface area is 425 Å². The molecule has 0 spiro atoms. The standard InChI is InChI=1S/C62H121NO5/c1-3-5-7-9-11-13-15-17-19-27-30-34-38-42-46-50-54-60(65)59(58-64)63-61(66)55-51-47-43-39-35-31-28-25-23-21-20-22-24-26-29-33-37-41-45-49-53-57-68-62(67)56-52-48-44-40-36-32-18-16-14-12-10-8-6-4-2/h16,18,59-60,64-65H,3-15,17,19-58H2,1-2H3,(H,63,66)/b18-16-. The maximum absolute atomic E-state index is 12.5. The quantitative estimate of drug-likeness (QED) is 0.0321. The second-order valence-electron chi connectivity index (χ2n) is 21.4. The highest BCUT2D eigenvalue weighted by Crippen LogP contribution is 2.18. The Morgan fingerprint density at radius 3 is 1.04 bits per heavy atom. The van der Waals surface area contributed by atoms with Gasteiger partial charge in [0.1, 0.15) is 0 Å². The van der Waals surface area contributed by atoms with Crippen LogP contribution in [-0.4, -0.2) is 47.4 Å². The molecule has 0 saturated heterocycles. The monoisotopic (exact) mass is 960 g/mol. The van der Waals surface area contributed by atoms with Crippen LogP contribution in [0.3, 0.4) is 0 Å². The highest BCUT2D eigenvalue weighted by Gasteiger charge is 2.20. The van der Waals surface area contributed by atoms with E-state index in [1.807, 2.05) is 0 Å². The number of aliphatic hydroxyl groups excluding tert-OH is 2. The van der Waals surface area contributed by atoms with Crippen LogP contribution in [0, 0.1) is 0 Å². The zero-order valence-electron chi connectivity index (χ0n) is 46.1. The van der Waals surface area contributed by atoms with Gasteiger partial charge in [-0.25, -0.2) is 0 Å². The molecule has 0 bridgehead atoms. The molecule has 0 heterocycles. The van der Waals surface area contributed by atoms with Crippen LogP contribution in [0.1, 0.15) is 348 Å². The number of hydrogen-bond donors (Lipinski definition) is 3. The highest BCUT2D eigenvalue weighted by atomic mass is 16.5. The van der Waals surface area contributed by atoms with Crippen molar-refractivity contribution in [3.8, 4) is 0 Å². The summed E-state index contributed by atoms with van der Waals surface area (Å²) in [5, 5.41) is 23.3. The van der Waals surface area contributed by atoms with Gasteiger partial charge in [0.2, 0.25) is 5.91 Å². The lowest BCUT2D eigenvalue weighted by molar-refractivity contribution is -0.143. The third-order valence-corrected chi connectivity index (χ3v) is 14.6. The fraction of sp³-hybridized carbons (Fsp3) is 0.935. The largest absolute Gasteiger partial charge is 0.466 e. The number of esters is 1. The van der Waals surface area contributed by atoms with E-state index in [1.165, 1.54) is 270 Å². The first-order valence-electron chi connectivity index (χ1n) is 30.9. The Kier molecular flexibility index (Phi) is 57.0. The van der Waals surface area contributed by atoms with E-state index >= 15 is 0 Å². The fourth-order valence-electron chi connectivity index (χ4n) is 9.81. The molecular formula is C62H121NO5. The van der Waals surface area contributed by atoms with Gasteiger partial charge < -0.3 is 20.3 Å². The van der Waals surface area contributed by atoms with Gasteiger partial charge in [-0.3, -0.25) is 9.59 Å². The normalized spacial score (nSPS) is 12.6. The molecule has 0 aromatic carbocycles. The summed E-state index contributed by atoms with van der Waals surface area (Å²) in [6.07, 6.45) is 69.3. The summed E-state index contributed by atoms with van der Waals surface area (Å²) in [4.78, 5) is 24.5. The van der Waals surface area contributed by atoms with Crippen molar-refractivity contribution in [2.45, 2.75) is 360 Å². The van der Waals surface area contributed by atoms with E-state index in [4.69, 9.17) is 4.74 Å². The topological polar surface area (TPSA) is 95.9 Å². The Morgan fingerprint density at radius 2 is 0.691 bits per heavy atom. The van der Waals surface area contributed by atoms with Gasteiger partial charge in [-0.05, 0) is 51.4 Å². The van der Waals surface area contributed by atoms with E-state index in [9.17, 15) is 19.8 Å². The lowest BCUT2D eigenvalue weighted by atomic mass is 10.0. The van der Waals surface area contributed by atoms with Crippen LogP contribution in [0.25, 0.3) is 0 Å². The lowest BCUT2D eigenvalue weighted by Gasteiger charge is -2.22. The van der Waals surface area contributed by atoms with Crippen molar-refractivity contribution < 1.29 is 24.5 Å². The molecule has 6 heteroatoms. The first-order valence-corrected chi connectivity index (χ1v) is 30.9. The molecule has 1 amide bonds. The minimum Gasteiger partial charge on any atom is -0.466 e. The zero-order chi connectivity index (χ0) is 49.3. The van der Waals surface area contributed by atoms with Gasteiger partial charge in [-0.1, -0.05) is 296 Å². The number of carbonyl (C=O) groups excluding carboxylic acids is 2. The first-order chi connectivity index (χ1) is 33.5. The summed E-state index contributed by atoms with van der Waals surface area (Å²) in [6, 6.07) is -0.541. The molecule has 0 radical (unpaired) electrons. The number of aliphatic hydroxyl groups is 2. The first kappa shape index (κ1) is 66.6. The van der Waals surface area contributed by atoms with Gasteiger partial charge in [0.05, 0.1) is 25.4 Å². The van der Waals surface area contributed by atoms with Gasteiger partial charge in [0, 0.05) is 12.8 Å². The number of carbonyl (C=O) groups is 2. The SMILES string of the molecule is CCCCCCC/C=C\CCCCCCCC(=O)OCCCCCCCCCCCCCCCCCCCCCCCC(=O)NC(CO)C(O)CCCCCCCCCCCCCCCCCC. The molecule has 68 heavy (non-hydrogen) atoms. The van der Waals surface area contributed by atoms with Crippen molar-refractivity contribution in [3.63, 3.8) is 0 Å². The number of rotatable bonds is 58. The van der Waals surface area contributed by atoms with Crippen molar-refractivity contribution in [3.05, 3.63) is 12.2 Å². The molecule has 3 N–H and O–H groups in total. The summed E-state index contributed by atoms with van der Waals surface area (Å²) >= 11 is 0. The van der Waals surface area contributed by atoms with Crippen molar-refractivity contribution in [1.29, 1.82) is 0 Å². The van der Waals surface area contributed by atoms with Crippen LogP contribution >= 0.6 is 0 Å². The molecule has 2 unspecified atom stereocenters. The summed E-state index contributed by atoms with van der Waals surface area (Å²) in [5.41, 5.74) is 0. The maximum atomic E-state index is 12.5. The smallest absolute Gasteiger partial charge is 0.305 e. The number of ether oxygens (including phenoxy) is 1. The molecule has 0 aliphatic heterocycles. The number of hydrogen-bond acceptors (Lipinski definition) is 5. The van der Waals surface area contributed by atoms with Crippen LogP contribution in [0.2, 0.25) is 0 Å². The fourth-order valence-corrected chi connectivity index (χ4v) is 9.81. The van der Waals surface area contributed by atoms with Crippen molar-refractivity contribution in [2.24, 2.45) is 0 Å². The Hall–Kier alpha value is -1.40. The summed E-state index contributed by atoms with van der Waals surface area (Å²) in [7, 11) is 0. The number of unbranched alkanes of at least 4 members (excludes halogenated alkanes) is 45. The second-order valence-corrected chi connectivity index (χ2v) is 21.4. The molecule has 0 fully saturated rings. The van der Waals surface area contributed by atoms with Crippen molar-refractivity contribution in [2.75, 3.05) is 13.2 Å². The number of amides is 1. The average Bonchev–Trinajstić information content (AvgIpc) is 3.34. The van der Waals surface area contributed by atoms with Crippen molar-refractivity contribution in [1.82, 2.24) is 5.32 Å². The van der Waals surface area contributed by atoms with E-state index in [1.54, 1.807) is 0 Å². The molecule has 0 rings (SSSR count). The Bertz CT molecular complexity index is 1020. The molecule has 2 atom stereocenters. The van der Waals surface area contributed by atoms with Crippen LogP contribution in [0.5, 0.6) is 0 Å². The molecule has 6 nitrogen and oxygen atoms in total. The van der Waals surface area contributed by atoms with E-state index in [0.29, 0.717) is 25.9 Å². The summed E-state index contributed by atoms with van der Waals surface area (Å²) in [6.45, 7) is 4.96. The molecule has 0 aromatic rings. The molecular weight excluding hydrogens is 839 g/mol. The van der Waals surface area contributed by atoms with E-state index in [-0.39, 0.29) is 18.5 Å². The third kappa shape index (κ3) is 53.9. The van der Waals surface area contributed by atoms with Crippen LogP contribution in [0.15, 0.2) is 12.2 Å². The van der Waals surface area contributed by atoms with E-state index in [2.05, 4.69) is 31.3 Å². The zero-order valence-corrected chi connectivity index (χ0v) is 46.1. The Morgan fingerprint density at radius 1 is 0.397 bits per heavy atom. The maximum Gasteiger partial charge on any atom is 0.305 e. The van der Waals surface area contributed by atoms with Gasteiger partial charge in [-0.2, -0.15) is 0 Å². The molecule has 0 saturated carbocycles. The molecule has 0 aliphatic carbocycles. The highest BCUT2D eigenvalue weighted by molar-refractivity contribution is 5.76. The van der Waals surface area contributed by atoms with Gasteiger partial charge in [0.25, 0.3) is 0 Å².